The Balaban J connectivity index is 2.66. The minimum Gasteiger partial charge on any atom is -0.487 e. The average Bonchev–Trinajstić information content (AvgIpc) is 2.50. The molecular formula is C9H7OS. The van der Waals surface area contributed by atoms with Crippen LogP contribution in [0.4, 0.5) is 0 Å². The van der Waals surface area contributed by atoms with Crippen molar-refractivity contribution in [3.63, 3.8) is 0 Å². The number of fused-ring (bicyclic) bond motifs is 1. The SMILES string of the molecule is COc1sccc2[c]ccc1-2. The van der Waals surface area contributed by atoms with E-state index in [0.717, 1.165) is 16.2 Å². The molecule has 1 aliphatic carbocycles. The Hall–Kier alpha value is -1.02. The van der Waals surface area contributed by atoms with Crippen molar-refractivity contribution in [3.05, 3.63) is 29.6 Å². The molecule has 2 heteroatoms. The van der Waals surface area contributed by atoms with Crippen molar-refractivity contribution < 1.29 is 4.74 Å². The third kappa shape index (κ3) is 0.994. The second-order valence-electron chi connectivity index (χ2n) is 2.22. The maximum atomic E-state index is 5.18. The van der Waals surface area contributed by atoms with Crippen molar-refractivity contribution in [1.82, 2.24) is 0 Å². The van der Waals surface area contributed by atoms with Crippen molar-refractivity contribution in [3.8, 4) is 16.2 Å². The van der Waals surface area contributed by atoms with Crippen molar-refractivity contribution in [1.29, 1.82) is 0 Å². The Morgan fingerprint density at radius 3 is 3.18 bits per heavy atom. The van der Waals surface area contributed by atoms with E-state index in [0.29, 0.717) is 0 Å². The summed E-state index contributed by atoms with van der Waals surface area (Å²) in [6.07, 6.45) is 0. The zero-order valence-electron chi connectivity index (χ0n) is 6.13. The first-order valence-corrected chi connectivity index (χ1v) is 4.21. The minimum atomic E-state index is 0.962. The quantitative estimate of drug-likeness (QED) is 0.628. The molecule has 0 saturated carbocycles. The average molecular weight is 163 g/mol. The molecule has 1 heterocycles. The lowest BCUT2D eigenvalue weighted by Crippen LogP contribution is -1.82. The fraction of sp³-hybridized carbons (Fsp3) is 0.111. The topological polar surface area (TPSA) is 9.23 Å². The van der Waals surface area contributed by atoms with Crippen molar-refractivity contribution in [2.45, 2.75) is 0 Å². The van der Waals surface area contributed by atoms with Crippen molar-refractivity contribution in [2.24, 2.45) is 0 Å². The number of ether oxygens (including phenoxy) is 1. The second kappa shape index (κ2) is 2.55. The number of rotatable bonds is 1. The van der Waals surface area contributed by atoms with Crippen LogP contribution in [0.3, 0.4) is 0 Å². The summed E-state index contributed by atoms with van der Waals surface area (Å²) in [6, 6.07) is 9.10. The van der Waals surface area contributed by atoms with E-state index in [2.05, 4.69) is 6.07 Å². The van der Waals surface area contributed by atoms with Gasteiger partial charge in [0.05, 0.1) is 7.11 Å². The first-order valence-electron chi connectivity index (χ1n) is 3.33. The van der Waals surface area contributed by atoms with Gasteiger partial charge in [-0.2, -0.15) is 0 Å². The number of hydrogen-bond donors (Lipinski definition) is 0. The molecule has 0 saturated heterocycles. The highest BCUT2D eigenvalue weighted by atomic mass is 32.1. The van der Waals surface area contributed by atoms with E-state index in [4.69, 9.17) is 4.74 Å². The minimum absolute atomic E-state index is 0.962. The third-order valence-electron chi connectivity index (χ3n) is 1.59. The zero-order valence-corrected chi connectivity index (χ0v) is 6.94. The molecule has 1 nitrogen and oxygen atoms in total. The van der Waals surface area contributed by atoms with E-state index < -0.39 is 0 Å². The molecule has 2 aliphatic rings. The summed E-state index contributed by atoms with van der Waals surface area (Å²) in [5, 5.41) is 2.97. The van der Waals surface area contributed by atoms with Gasteiger partial charge in [-0.3, -0.25) is 0 Å². The number of hydrogen-bond acceptors (Lipinski definition) is 2. The molecule has 0 N–H and O–H groups in total. The number of methoxy groups -OCH3 is 1. The van der Waals surface area contributed by atoms with E-state index in [1.165, 1.54) is 0 Å². The Labute approximate surface area is 69.6 Å². The van der Waals surface area contributed by atoms with Gasteiger partial charge < -0.3 is 4.74 Å². The summed E-state index contributed by atoms with van der Waals surface area (Å²) in [4.78, 5) is 0. The molecule has 0 amide bonds. The van der Waals surface area contributed by atoms with Gasteiger partial charge in [-0.05, 0) is 29.1 Å². The van der Waals surface area contributed by atoms with Crippen molar-refractivity contribution >= 4 is 11.3 Å². The Morgan fingerprint density at radius 1 is 1.45 bits per heavy atom. The highest BCUT2D eigenvalue weighted by Crippen LogP contribution is 2.35. The summed E-state index contributed by atoms with van der Waals surface area (Å²) >= 11 is 1.60. The van der Waals surface area contributed by atoms with Gasteiger partial charge in [0.1, 0.15) is 0 Å². The molecule has 0 spiro atoms. The van der Waals surface area contributed by atoms with E-state index in [9.17, 15) is 0 Å². The van der Waals surface area contributed by atoms with E-state index in [-0.39, 0.29) is 0 Å². The summed E-state index contributed by atoms with van der Waals surface area (Å²) in [7, 11) is 1.69. The Bertz CT molecular complexity index is 326. The second-order valence-corrected chi connectivity index (χ2v) is 3.10. The summed E-state index contributed by atoms with van der Waals surface area (Å²) < 4.78 is 5.18. The van der Waals surface area contributed by atoms with Crippen molar-refractivity contribution in [2.75, 3.05) is 7.11 Å². The molecule has 11 heavy (non-hydrogen) atoms. The van der Waals surface area contributed by atoms with Gasteiger partial charge in [-0.25, -0.2) is 0 Å². The molecule has 0 bridgehead atoms. The van der Waals surface area contributed by atoms with Crippen LogP contribution < -0.4 is 4.74 Å². The lowest BCUT2D eigenvalue weighted by molar-refractivity contribution is 0.428. The van der Waals surface area contributed by atoms with Gasteiger partial charge in [-0.1, -0.05) is 6.07 Å². The van der Waals surface area contributed by atoms with Crippen LogP contribution in [0.1, 0.15) is 0 Å². The largest absolute Gasteiger partial charge is 0.487 e. The summed E-state index contributed by atoms with van der Waals surface area (Å²) in [6.45, 7) is 0. The van der Waals surface area contributed by atoms with E-state index in [1.807, 2.05) is 23.6 Å². The molecule has 0 atom stereocenters. The maximum absolute atomic E-state index is 5.18. The standard InChI is InChI=1S/C9H7OS/c1-10-9-8-4-2-3-7(8)5-6-11-9/h2,4-6H,1H3. The van der Waals surface area contributed by atoms with Gasteiger partial charge in [-0.15, -0.1) is 11.3 Å². The molecule has 0 aromatic heterocycles. The van der Waals surface area contributed by atoms with Crippen LogP contribution in [0.15, 0.2) is 23.6 Å². The van der Waals surface area contributed by atoms with Crippen LogP contribution in [0, 0.1) is 6.07 Å². The molecule has 0 unspecified atom stereocenters. The Kier molecular flexibility index (Phi) is 1.55. The predicted molar refractivity (Wildman–Crippen MR) is 46.3 cm³/mol. The lowest BCUT2D eigenvalue weighted by Gasteiger charge is -2.03. The molecule has 55 valence electrons. The molecule has 1 aliphatic heterocycles. The molecule has 0 aromatic rings. The van der Waals surface area contributed by atoms with Crippen LogP contribution in [-0.2, 0) is 0 Å². The molecular weight excluding hydrogens is 156 g/mol. The third-order valence-corrected chi connectivity index (χ3v) is 2.47. The Morgan fingerprint density at radius 2 is 2.36 bits per heavy atom. The predicted octanol–water partition coefficient (Wildman–Crippen LogP) is 2.66. The molecule has 0 aromatic carbocycles. The maximum Gasteiger partial charge on any atom is 0.181 e. The molecule has 2 rings (SSSR count). The fourth-order valence-electron chi connectivity index (χ4n) is 1.08. The van der Waals surface area contributed by atoms with E-state index >= 15 is 0 Å². The highest BCUT2D eigenvalue weighted by molar-refractivity contribution is 7.12. The van der Waals surface area contributed by atoms with Gasteiger partial charge in [0.15, 0.2) is 5.06 Å². The smallest absolute Gasteiger partial charge is 0.181 e. The first-order chi connectivity index (χ1) is 5.42. The summed E-state index contributed by atoms with van der Waals surface area (Å²) in [5.74, 6) is 0. The van der Waals surface area contributed by atoms with Crippen LogP contribution in [0.25, 0.3) is 11.1 Å². The van der Waals surface area contributed by atoms with Gasteiger partial charge >= 0.3 is 0 Å². The van der Waals surface area contributed by atoms with Gasteiger partial charge in [0.25, 0.3) is 0 Å². The molecule has 1 radical (unpaired) electrons. The first kappa shape index (κ1) is 6.68. The van der Waals surface area contributed by atoms with Gasteiger partial charge in [0, 0.05) is 5.56 Å². The van der Waals surface area contributed by atoms with E-state index in [1.54, 1.807) is 18.4 Å². The normalized spacial score (nSPS) is 10.3. The zero-order chi connectivity index (χ0) is 7.68. The highest BCUT2D eigenvalue weighted by Gasteiger charge is 2.07. The lowest BCUT2D eigenvalue weighted by atomic mass is 10.2. The fourth-order valence-corrected chi connectivity index (χ4v) is 1.81. The van der Waals surface area contributed by atoms with Crippen LogP contribution in [-0.4, -0.2) is 7.11 Å². The monoisotopic (exact) mass is 163 g/mol. The summed E-state index contributed by atoms with van der Waals surface area (Å²) in [5.41, 5.74) is 2.28. The molecule has 0 fully saturated rings. The van der Waals surface area contributed by atoms with Crippen LogP contribution in [0.5, 0.6) is 5.06 Å². The van der Waals surface area contributed by atoms with Crippen LogP contribution >= 0.6 is 11.3 Å². The van der Waals surface area contributed by atoms with Gasteiger partial charge in [0.2, 0.25) is 0 Å². The van der Waals surface area contributed by atoms with Crippen LogP contribution in [0.2, 0.25) is 0 Å².